The Bertz CT molecular complexity index is 952. The predicted molar refractivity (Wildman–Crippen MR) is 112 cm³/mol. The molecule has 0 unspecified atom stereocenters. The first kappa shape index (κ1) is 19.4. The Balaban J connectivity index is 1.88. The molecule has 1 amide bonds. The molecule has 0 radical (unpaired) electrons. The molecule has 146 valence electrons. The van der Waals surface area contributed by atoms with E-state index in [0.29, 0.717) is 5.69 Å². The second-order valence-corrected chi connectivity index (χ2v) is 6.74. The van der Waals surface area contributed by atoms with Crippen LogP contribution < -0.4 is 22.5 Å². The van der Waals surface area contributed by atoms with Crippen molar-refractivity contribution in [3.05, 3.63) is 36.5 Å². The number of guanidine groups is 1. The minimum Gasteiger partial charge on any atom is -0.368 e. The SMILES string of the molecule is N=C(C(N)=O)C(=NC(N)=N[C@@H]1CCCC[C@@H]1N)Nc1ccc2ncccc2c1. The van der Waals surface area contributed by atoms with Crippen LogP contribution in [0.1, 0.15) is 25.7 Å². The van der Waals surface area contributed by atoms with Crippen LogP contribution in [0.4, 0.5) is 5.69 Å². The fourth-order valence-electron chi connectivity index (χ4n) is 3.17. The number of hydrogen-bond donors (Lipinski definition) is 5. The number of nitrogens with two attached hydrogens (primary N) is 3. The molecule has 0 spiro atoms. The summed E-state index contributed by atoms with van der Waals surface area (Å²) < 4.78 is 0. The number of pyridine rings is 1. The highest BCUT2D eigenvalue weighted by Crippen LogP contribution is 2.20. The average molecular weight is 380 g/mol. The molecule has 1 aliphatic carbocycles. The Labute approximate surface area is 162 Å². The number of rotatable bonds is 4. The molecule has 1 aromatic heterocycles. The smallest absolute Gasteiger partial charge is 0.270 e. The van der Waals surface area contributed by atoms with Gasteiger partial charge >= 0.3 is 0 Å². The lowest BCUT2D eigenvalue weighted by Crippen LogP contribution is -2.38. The maximum Gasteiger partial charge on any atom is 0.270 e. The van der Waals surface area contributed by atoms with Gasteiger partial charge in [-0.2, -0.15) is 4.99 Å². The Kier molecular flexibility index (Phi) is 5.95. The van der Waals surface area contributed by atoms with Gasteiger partial charge in [-0.05, 0) is 37.1 Å². The van der Waals surface area contributed by atoms with E-state index < -0.39 is 11.6 Å². The molecule has 28 heavy (non-hydrogen) atoms. The van der Waals surface area contributed by atoms with Crippen LogP contribution in [0.15, 0.2) is 46.5 Å². The van der Waals surface area contributed by atoms with Gasteiger partial charge in [0.25, 0.3) is 5.91 Å². The van der Waals surface area contributed by atoms with Gasteiger partial charge in [-0.3, -0.25) is 15.2 Å². The van der Waals surface area contributed by atoms with E-state index in [-0.39, 0.29) is 23.9 Å². The number of aromatic nitrogens is 1. The molecular weight excluding hydrogens is 356 g/mol. The predicted octanol–water partition coefficient (Wildman–Crippen LogP) is 1.13. The van der Waals surface area contributed by atoms with Crippen LogP contribution in [0.5, 0.6) is 0 Å². The number of carbonyl (C=O) groups excluding carboxylic acids is 1. The minimum absolute atomic E-state index is 0.0432. The quantitative estimate of drug-likeness (QED) is 0.395. The fourth-order valence-corrected chi connectivity index (χ4v) is 3.17. The van der Waals surface area contributed by atoms with Crippen LogP contribution in [0.2, 0.25) is 0 Å². The molecule has 8 N–H and O–H groups in total. The van der Waals surface area contributed by atoms with Crippen molar-refractivity contribution in [2.45, 2.75) is 37.8 Å². The molecule has 1 saturated carbocycles. The first-order valence-electron chi connectivity index (χ1n) is 9.12. The number of anilines is 1. The standard InChI is InChI=1S/C19H24N8O/c20-13-5-1-2-6-15(13)26-19(23)27-18(16(21)17(22)28)25-12-7-8-14-11(10-12)4-3-9-24-14/h3-4,7-10,13,15,21H,1-2,5-6,20H2,(H2,22,28)(H3,23,25,26,27)/t13-,15+/m0/s1. The summed E-state index contributed by atoms with van der Waals surface area (Å²) >= 11 is 0. The number of amides is 1. The molecule has 1 fully saturated rings. The molecule has 1 heterocycles. The zero-order chi connectivity index (χ0) is 20.1. The van der Waals surface area contributed by atoms with E-state index in [1.54, 1.807) is 12.3 Å². The number of fused-ring (bicyclic) bond motifs is 1. The van der Waals surface area contributed by atoms with Crippen LogP contribution in [0.3, 0.4) is 0 Å². The molecule has 3 rings (SSSR count). The number of aliphatic imine (C=N–C) groups is 2. The third-order valence-corrected chi connectivity index (χ3v) is 4.65. The highest BCUT2D eigenvalue weighted by atomic mass is 16.1. The van der Waals surface area contributed by atoms with Gasteiger partial charge in [0.15, 0.2) is 11.5 Å². The third-order valence-electron chi connectivity index (χ3n) is 4.65. The van der Waals surface area contributed by atoms with Gasteiger partial charge in [-0.15, -0.1) is 0 Å². The first-order valence-corrected chi connectivity index (χ1v) is 9.12. The van der Waals surface area contributed by atoms with Gasteiger partial charge in [0.05, 0.1) is 11.6 Å². The number of benzene rings is 1. The van der Waals surface area contributed by atoms with E-state index in [2.05, 4.69) is 20.3 Å². The van der Waals surface area contributed by atoms with Crippen molar-refractivity contribution in [1.29, 1.82) is 5.41 Å². The molecule has 9 nitrogen and oxygen atoms in total. The summed E-state index contributed by atoms with van der Waals surface area (Å²) in [5.74, 6) is -1.03. The lowest BCUT2D eigenvalue weighted by molar-refractivity contribution is -0.111. The van der Waals surface area contributed by atoms with Crippen LogP contribution in [-0.4, -0.2) is 40.5 Å². The fraction of sp³-hybridized carbons (Fsp3) is 0.316. The Morgan fingerprint density at radius 3 is 2.75 bits per heavy atom. The molecule has 0 bridgehead atoms. The lowest BCUT2D eigenvalue weighted by atomic mass is 9.91. The van der Waals surface area contributed by atoms with Crippen molar-refractivity contribution in [2.75, 3.05) is 5.32 Å². The normalized spacial score (nSPS) is 20.8. The summed E-state index contributed by atoms with van der Waals surface area (Å²) in [7, 11) is 0. The van der Waals surface area contributed by atoms with E-state index in [9.17, 15) is 4.79 Å². The third kappa shape index (κ3) is 4.68. The van der Waals surface area contributed by atoms with Crippen LogP contribution in [0.25, 0.3) is 10.9 Å². The van der Waals surface area contributed by atoms with Gasteiger partial charge in [0, 0.05) is 23.3 Å². The molecule has 0 saturated heterocycles. The van der Waals surface area contributed by atoms with E-state index in [0.717, 1.165) is 36.6 Å². The maximum absolute atomic E-state index is 11.5. The van der Waals surface area contributed by atoms with Crippen molar-refractivity contribution in [3.8, 4) is 0 Å². The number of hydrogen-bond acceptors (Lipinski definition) is 5. The molecule has 0 aliphatic heterocycles. The second-order valence-electron chi connectivity index (χ2n) is 6.74. The highest BCUT2D eigenvalue weighted by molar-refractivity contribution is 6.67. The summed E-state index contributed by atoms with van der Waals surface area (Å²) in [5, 5.41) is 11.8. The molecule has 2 aromatic rings. The van der Waals surface area contributed by atoms with Crippen molar-refractivity contribution in [2.24, 2.45) is 27.2 Å². The first-order chi connectivity index (χ1) is 13.4. The van der Waals surface area contributed by atoms with Gasteiger partial charge in [-0.25, -0.2) is 4.99 Å². The topological polar surface area (TPSA) is 169 Å². The van der Waals surface area contributed by atoms with Crippen molar-refractivity contribution in [3.63, 3.8) is 0 Å². The van der Waals surface area contributed by atoms with E-state index in [4.69, 9.17) is 22.6 Å². The van der Waals surface area contributed by atoms with E-state index in [1.165, 1.54) is 0 Å². The van der Waals surface area contributed by atoms with Crippen molar-refractivity contribution < 1.29 is 4.79 Å². The van der Waals surface area contributed by atoms with Crippen LogP contribution in [-0.2, 0) is 4.79 Å². The Hall–Kier alpha value is -3.33. The highest BCUT2D eigenvalue weighted by Gasteiger charge is 2.22. The number of nitrogens with zero attached hydrogens (tertiary/aromatic N) is 3. The van der Waals surface area contributed by atoms with Gasteiger partial charge in [-0.1, -0.05) is 18.9 Å². The molecule has 2 atom stereocenters. The van der Waals surface area contributed by atoms with Crippen LogP contribution >= 0.6 is 0 Å². The minimum atomic E-state index is -0.920. The zero-order valence-electron chi connectivity index (χ0n) is 15.4. The summed E-state index contributed by atoms with van der Waals surface area (Å²) in [6.07, 6.45) is 5.54. The lowest BCUT2D eigenvalue weighted by Gasteiger charge is -2.25. The van der Waals surface area contributed by atoms with Crippen LogP contribution in [0, 0.1) is 5.41 Å². The molecule has 1 aliphatic rings. The molecule has 1 aromatic carbocycles. The number of nitrogens with one attached hydrogen (secondary N) is 2. The van der Waals surface area contributed by atoms with E-state index >= 15 is 0 Å². The summed E-state index contributed by atoms with van der Waals surface area (Å²) in [4.78, 5) is 24.3. The number of primary amides is 1. The average Bonchev–Trinajstić information content (AvgIpc) is 2.68. The Morgan fingerprint density at radius 2 is 2.00 bits per heavy atom. The number of carbonyl (C=O) groups is 1. The van der Waals surface area contributed by atoms with Crippen molar-refractivity contribution in [1.82, 2.24) is 4.98 Å². The summed E-state index contributed by atoms with van der Waals surface area (Å²) in [5.41, 5.74) is 18.3. The maximum atomic E-state index is 11.5. The number of amidine groups is 1. The molecule has 9 heteroatoms. The van der Waals surface area contributed by atoms with E-state index in [1.807, 2.05) is 24.3 Å². The van der Waals surface area contributed by atoms with Gasteiger partial charge in [0.2, 0.25) is 5.96 Å². The monoisotopic (exact) mass is 380 g/mol. The second kappa shape index (κ2) is 8.57. The largest absolute Gasteiger partial charge is 0.368 e. The van der Waals surface area contributed by atoms with Gasteiger partial charge < -0.3 is 22.5 Å². The summed E-state index contributed by atoms with van der Waals surface area (Å²) in [6.45, 7) is 0. The Morgan fingerprint density at radius 1 is 1.21 bits per heavy atom. The summed E-state index contributed by atoms with van der Waals surface area (Å²) in [6, 6.07) is 8.96. The zero-order valence-corrected chi connectivity index (χ0v) is 15.4. The van der Waals surface area contributed by atoms with Crippen molar-refractivity contribution >= 4 is 40.0 Å². The van der Waals surface area contributed by atoms with Gasteiger partial charge in [0.1, 0.15) is 0 Å². The molecular formula is C19H24N8O.